The third kappa shape index (κ3) is 5.31. The molecule has 0 spiro atoms. The number of nitrogens with one attached hydrogen (secondary N) is 1. The van der Waals surface area contributed by atoms with E-state index in [0.717, 1.165) is 22.5 Å². The molecular weight excluding hydrogens is 366 g/mol. The highest BCUT2D eigenvalue weighted by atomic mass is 35.5. The fraction of sp³-hybridized carbons (Fsp3) is 0.150. The van der Waals surface area contributed by atoms with Crippen LogP contribution in [0.1, 0.15) is 11.3 Å². The Balaban J connectivity index is 1.59. The summed E-state index contributed by atoms with van der Waals surface area (Å²) in [6, 6.07) is 19.3. The average molecular weight is 384 g/mol. The molecular formula is C20H18ClN3OS. The molecule has 0 saturated heterocycles. The van der Waals surface area contributed by atoms with Gasteiger partial charge in [0, 0.05) is 22.8 Å². The molecule has 4 nitrogen and oxygen atoms in total. The quantitative estimate of drug-likeness (QED) is 0.502. The van der Waals surface area contributed by atoms with E-state index in [1.807, 2.05) is 67.6 Å². The summed E-state index contributed by atoms with van der Waals surface area (Å²) in [5, 5.41) is 4.14. The highest BCUT2D eigenvalue weighted by Gasteiger charge is 2.08. The van der Waals surface area contributed by atoms with Gasteiger partial charge in [0.05, 0.1) is 11.4 Å². The van der Waals surface area contributed by atoms with E-state index in [1.165, 1.54) is 11.8 Å². The van der Waals surface area contributed by atoms with E-state index in [0.29, 0.717) is 16.7 Å². The maximum atomic E-state index is 12.1. The van der Waals surface area contributed by atoms with Crippen molar-refractivity contribution in [1.29, 1.82) is 0 Å². The molecule has 0 aliphatic rings. The van der Waals surface area contributed by atoms with Gasteiger partial charge in [0.2, 0.25) is 5.91 Å². The fourth-order valence-corrected chi connectivity index (χ4v) is 3.34. The predicted octanol–water partition coefficient (Wildman–Crippen LogP) is 4.51. The van der Waals surface area contributed by atoms with Gasteiger partial charge in [-0.1, -0.05) is 65.8 Å². The molecule has 0 unspecified atom stereocenters. The van der Waals surface area contributed by atoms with Crippen LogP contribution in [0.15, 0.2) is 65.8 Å². The van der Waals surface area contributed by atoms with E-state index in [2.05, 4.69) is 15.3 Å². The van der Waals surface area contributed by atoms with Crippen molar-refractivity contribution in [3.8, 4) is 11.3 Å². The van der Waals surface area contributed by atoms with E-state index in [4.69, 9.17) is 11.6 Å². The smallest absolute Gasteiger partial charge is 0.230 e. The molecule has 26 heavy (non-hydrogen) atoms. The SMILES string of the molecule is Cc1cc(-c2ccccc2)nc(SCC(=O)NCc2cccc(Cl)c2)n1. The number of aryl methyl sites for hydroxylation is 1. The standard InChI is InChI=1S/C20H18ClN3OS/c1-14-10-18(16-7-3-2-4-8-16)24-20(23-14)26-13-19(25)22-12-15-6-5-9-17(21)11-15/h2-11H,12-13H2,1H3,(H,22,25). The van der Waals surface area contributed by atoms with Crippen molar-refractivity contribution >= 4 is 29.3 Å². The second-order valence-corrected chi connectivity index (χ2v) is 7.12. The summed E-state index contributed by atoms with van der Waals surface area (Å²) in [7, 11) is 0. The number of thioether (sulfide) groups is 1. The summed E-state index contributed by atoms with van der Waals surface area (Å²) in [4.78, 5) is 21.1. The van der Waals surface area contributed by atoms with Gasteiger partial charge < -0.3 is 5.32 Å². The molecule has 0 atom stereocenters. The first-order chi connectivity index (χ1) is 12.6. The zero-order chi connectivity index (χ0) is 18.4. The van der Waals surface area contributed by atoms with Crippen molar-refractivity contribution in [2.24, 2.45) is 0 Å². The first-order valence-corrected chi connectivity index (χ1v) is 9.51. The van der Waals surface area contributed by atoms with E-state index in [-0.39, 0.29) is 11.7 Å². The molecule has 1 N–H and O–H groups in total. The van der Waals surface area contributed by atoms with Crippen LogP contribution >= 0.6 is 23.4 Å². The maximum Gasteiger partial charge on any atom is 0.230 e. The Bertz CT molecular complexity index is 903. The molecule has 3 aromatic rings. The van der Waals surface area contributed by atoms with Crippen LogP contribution in [0, 0.1) is 6.92 Å². The van der Waals surface area contributed by atoms with Crippen molar-refractivity contribution in [3.05, 3.63) is 76.9 Å². The van der Waals surface area contributed by atoms with Gasteiger partial charge in [-0.25, -0.2) is 9.97 Å². The molecule has 132 valence electrons. The summed E-state index contributed by atoms with van der Waals surface area (Å²) in [5.41, 5.74) is 3.74. The van der Waals surface area contributed by atoms with E-state index in [9.17, 15) is 4.79 Å². The van der Waals surface area contributed by atoms with Gasteiger partial charge >= 0.3 is 0 Å². The first kappa shape index (κ1) is 18.4. The summed E-state index contributed by atoms with van der Waals surface area (Å²) in [6.07, 6.45) is 0. The van der Waals surface area contributed by atoms with Gasteiger partial charge in [-0.05, 0) is 30.7 Å². The number of benzene rings is 2. The van der Waals surface area contributed by atoms with E-state index in [1.54, 1.807) is 0 Å². The molecule has 0 bridgehead atoms. The number of halogens is 1. The molecule has 0 fully saturated rings. The second-order valence-electron chi connectivity index (χ2n) is 5.74. The predicted molar refractivity (Wildman–Crippen MR) is 106 cm³/mol. The zero-order valence-electron chi connectivity index (χ0n) is 14.3. The van der Waals surface area contributed by atoms with Crippen molar-refractivity contribution < 1.29 is 4.79 Å². The van der Waals surface area contributed by atoms with Crippen LogP contribution in [0.4, 0.5) is 0 Å². The minimum Gasteiger partial charge on any atom is -0.351 e. The van der Waals surface area contributed by atoms with Crippen LogP contribution in [0.25, 0.3) is 11.3 Å². The lowest BCUT2D eigenvalue weighted by Gasteiger charge is -2.07. The molecule has 6 heteroatoms. The normalized spacial score (nSPS) is 10.5. The molecule has 1 amide bonds. The number of nitrogens with zero attached hydrogens (tertiary/aromatic N) is 2. The second kappa shape index (κ2) is 8.83. The lowest BCUT2D eigenvalue weighted by Crippen LogP contribution is -2.24. The molecule has 0 aliphatic carbocycles. The topological polar surface area (TPSA) is 54.9 Å². The Kier molecular flexibility index (Phi) is 6.26. The third-order valence-corrected chi connectivity index (χ3v) is 4.70. The highest BCUT2D eigenvalue weighted by molar-refractivity contribution is 7.99. The van der Waals surface area contributed by atoms with Gasteiger partial charge in [0.1, 0.15) is 0 Å². The van der Waals surface area contributed by atoms with Crippen molar-refractivity contribution in [2.45, 2.75) is 18.6 Å². The molecule has 1 aromatic heterocycles. The summed E-state index contributed by atoms with van der Waals surface area (Å²) in [5.74, 6) is 0.194. The number of carbonyl (C=O) groups excluding carboxylic acids is 1. The zero-order valence-corrected chi connectivity index (χ0v) is 15.8. The Morgan fingerprint density at radius 3 is 2.65 bits per heavy atom. The van der Waals surface area contributed by atoms with Crippen LogP contribution in [-0.4, -0.2) is 21.6 Å². The van der Waals surface area contributed by atoms with Gasteiger partial charge in [0.25, 0.3) is 0 Å². The lowest BCUT2D eigenvalue weighted by atomic mass is 10.1. The van der Waals surface area contributed by atoms with Crippen molar-refractivity contribution in [3.63, 3.8) is 0 Å². The van der Waals surface area contributed by atoms with E-state index >= 15 is 0 Å². The van der Waals surface area contributed by atoms with Gasteiger partial charge in [-0.15, -0.1) is 0 Å². The van der Waals surface area contributed by atoms with Crippen LogP contribution in [0.3, 0.4) is 0 Å². The van der Waals surface area contributed by atoms with Crippen LogP contribution < -0.4 is 5.32 Å². The fourth-order valence-electron chi connectivity index (χ4n) is 2.39. The number of hydrogen-bond acceptors (Lipinski definition) is 4. The van der Waals surface area contributed by atoms with Gasteiger partial charge in [-0.3, -0.25) is 4.79 Å². The molecule has 0 radical (unpaired) electrons. The third-order valence-electron chi connectivity index (χ3n) is 3.61. The van der Waals surface area contributed by atoms with Crippen molar-refractivity contribution in [2.75, 3.05) is 5.75 Å². The Labute approximate surface area is 162 Å². The summed E-state index contributed by atoms with van der Waals surface area (Å²) < 4.78 is 0. The van der Waals surface area contributed by atoms with Crippen LogP contribution in [-0.2, 0) is 11.3 Å². The van der Waals surface area contributed by atoms with Gasteiger partial charge in [0.15, 0.2) is 5.16 Å². The monoisotopic (exact) mass is 383 g/mol. The largest absolute Gasteiger partial charge is 0.351 e. The molecule has 3 rings (SSSR count). The summed E-state index contributed by atoms with van der Waals surface area (Å²) in [6.45, 7) is 2.38. The Morgan fingerprint density at radius 2 is 1.88 bits per heavy atom. The summed E-state index contributed by atoms with van der Waals surface area (Å²) >= 11 is 7.28. The Morgan fingerprint density at radius 1 is 1.08 bits per heavy atom. The van der Waals surface area contributed by atoms with E-state index < -0.39 is 0 Å². The molecule has 2 aromatic carbocycles. The van der Waals surface area contributed by atoms with Gasteiger partial charge in [-0.2, -0.15) is 0 Å². The molecule has 1 heterocycles. The van der Waals surface area contributed by atoms with Crippen LogP contribution in [0.2, 0.25) is 5.02 Å². The number of rotatable bonds is 6. The number of aromatic nitrogens is 2. The first-order valence-electron chi connectivity index (χ1n) is 8.15. The Hall–Kier alpha value is -2.37. The maximum absolute atomic E-state index is 12.1. The number of hydrogen-bond donors (Lipinski definition) is 1. The lowest BCUT2D eigenvalue weighted by molar-refractivity contribution is -0.118. The highest BCUT2D eigenvalue weighted by Crippen LogP contribution is 2.21. The number of carbonyl (C=O) groups is 1. The number of amides is 1. The van der Waals surface area contributed by atoms with Crippen molar-refractivity contribution in [1.82, 2.24) is 15.3 Å². The minimum atomic E-state index is -0.0682. The minimum absolute atomic E-state index is 0.0682. The molecule has 0 aliphatic heterocycles. The molecule has 0 saturated carbocycles. The average Bonchev–Trinajstić information content (AvgIpc) is 2.65. The van der Waals surface area contributed by atoms with Crippen LogP contribution in [0.5, 0.6) is 0 Å².